The maximum Gasteiger partial charge on any atom is 0.243 e. The molecule has 0 fully saturated rings. The summed E-state index contributed by atoms with van der Waals surface area (Å²) in [7, 11) is 0. The standard InChI is InChI=1S/C16H24Cl2N2O2/c17-10-12-20(13-11-18)15-8-6-14(7-9-15)4-2-1-3-5-16(21)19-22/h6-9,22H,1-5,10-13H2,(H,19,21). The number of halogens is 2. The minimum Gasteiger partial charge on any atom is -0.369 e. The predicted octanol–water partition coefficient (Wildman–Crippen LogP) is 3.58. The number of nitrogens with zero attached hydrogens (tertiary/aromatic N) is 1. The number of benzene rings is 1. The van der Waals surface area contributed by atoms with Gasteiger partial charge in [0.05, 0.1) is 0 Å². The van der Waals surface area contributed by atoms with Gasteiger partial charge in [0, 0.05) is 37.0 Å². The summed E-state index contributed by atoms with van der Waals surface area (Å²) in [4.78, 5) is 13.0. The molecular formula is C16H24Cl2N2O2. The molecular weight excluding hydrogens is 323 g/mol. The smallest absolute Gasteiger partial charge is 0.243 e. The highest BCUT2D eigenvalue weighted by atomic mass is 35.5. The van der Waals surface area contributed by atoms with Crippen molar-refractivity contribution in [2.75, 3.05) is 29.7 Å². The molecule has 0 saturated carbocycles. The van der Waals surface area contributed by atoms with Crippen molar-refractivity contribution in [3.05, 3.63) is 29.8 Å². The first-order valence-electron chi connectivity index (χ1n) is 7.60. The summed E-state index contributed by atoms with van der Waals surface area (Å²) in [5.41, 5.74) is 4.08. The first-order valence-corrected chi connectivity index (χ1v) is 8.67. The number of anilines is 1. The number of aryl methyl sites for hydroxylation is 1. The first-order chi connectivity index (χ1) is 10.7. The number of unbranched alkanes of at least 4 members (excludes halogenated alkanes) is 2. The number of nitrogens with one attached hydrogen (secondary N) is 1. The van der Waals surface area contributed by atoms with Gasteiger partial charge in [-0.3, -0.25) is 10.0 Å². The van der Waals surface area contributed by atoms with Gasteiger partial charge < -0.3 is 4.90 Å². The molecule has 124 valence electrons. The first kappa shape index (κ1) is 19.1. The second-order valence-electron chi connectivity index (χ2n) is 5.13. The van der Waals surface area contributed by atoms with Gasteiger partial charge in [0.1, 0.15) is 0 Å². The van der Waals surface area contributed by atoms with Crippen molar-refractivity contribution < 1.29 is 10.0 Å². The second kappa shape index (κ2) is 11.6. The SMILES string of the molecule is O=C(CCCCCc1ccc(N(CCCl)CCCl)cc1)NO. The topological polar surface area (TPSA) is 52.6 Å². The molecule has 0 aliphatic rings. The summed E-state index contributed by atoms with van der Waals surface area (Å²) < 4.78 is 0. The third-order valence-corrected chi connectivity index (χ3v) is 3.84. The van der Waals surface area contributed by atoms with Crippen LogP contribution in [0, 0.1) is 0 Å². The number of hydrogen-bond donors (Lipinski definition) is 2. The average Bonchev–Trinajstić information content (AvgIpc) is 2.54. The molecule has 6 heteroatoms. The van der Waals surface area contributed by atoms with E-state index in [4.69, 9.17) is 28.4 Å². The van der Waals surface area contributed by atoms with E-state index in [1.807, 2.05) is 0 Å². The van der Waals surface area contributed by atoms with E-state index in [0.717, 1.165) is 44.5 Å². The molecule has 1 rings (SSSR count). The maximum atomic E-state index is 10.9. The normalized spacial score (nSPS) is 10.5. The highest BCUT2D eigenvalue weighted by molar-refractivity contribution is 6.18. The third kappa shape index (κ3) is 7.34. The molecule has 0 unspecified atom stereocenters. The number of hydroxylamine groups is 1. The Labute approximate surface area is 142 Å². The molecule has 22 heavy (non-hydrogen) atoms. The van der Waals surface area contributed by atoms with Crippen molar-refractivity contribution in [1.82, 2.24) is 5.48 Å². The van der Waals surface area contributed by atoms with Gasteiger partial charge in [-0.1, -0.05) is 18.6 Å². The highest BCUT2D eigenvalue weighted by Gasteiger charge is 2.05. The van der Waals surface area contributed by atoms with Gasteiger partial charge in [0.15, 0.2) is 0 Å². The molecule has 1 aromatic rings. The van der Waals surface area contributed by atoms with Crippen molar-refractivity contribution in [2.24, 2.45) is 0 Å². The van der Waals surface area contributed by atoms with Crippen molar-refractivity contribution in [3.63, 3.8) is 0 Å². The zero-order chi connectivity index (χ0) is 16.2. The molecule has 0 bridgehead atoms. The minimum absolute atomic E-state index is 0.317. The van der Waals surface area contributed by atoms with E-state index in [2.05, 4.69) is 29.2 Å². The van der Waals surface area contributed by atoms with Gasteiger partial charge in [-0.15, -0.1) is 23.2 Å². The molecule has 0 atom stereocenters. The van der Waals surface area contributed by atoms with Crippen molar-refractivity contribution in [3.8, 4) is 0 Å². The Balaban J connectivity index is 2.36. The Morgan fingerprint density at radius 2 is 1.68 bits per heavy atom. The lowest BCUT2D eigenvalue weighted by Gasteiger charge is -2.23. The Morgan fingerprint density at radius 3 is 2.23 bits per heavy atom. The molecule has 0 aliphatic carbocycles. The number of alkyl halides is 2. The van der Waals surface area contributed by atoms with Gasteiger partial charge in [-0.2, -0.15) is 0 Å². The Morgan fingerprint density at radius 1 is 1.05 bits per heavy atom. The van der Waals surface area contributed by atoms with Gasteiger partial charge >= 0.3 is 0 Å². The van der Waals surface area contributed by atoms with Gasteiger partial charge in [-0.25, -0.2) is 5.48 Å². The van der Waals surface area contributed by atoms with Gasteiger partial charge in [-0.05, 0) is 37.0 Å². The van der Waals surface area contributed by atoms with Crippen molar-refractivity contribution >= 4 is 34.8 Å². The Hall–Kier alpha value is -0.970. The fourth-order valence-corrected chi connectivity index (χ4v) is 2.70. The molecule has 4 nitrogen and oxygen atoms in total. The predicted molar refractivity (Wildman–Crippen MR) is 92.2 cm³/mol. The number of rotatable bonds is 11. The summed E-state index contributed by atoms with van der Waals surface area (Å²) >= 11 is 11.6. The summed E-state index contributed by atoms with van der Waals surface area (Å²) in [6.07, 6.45) is 4.17. The zero-order valence-corrected chi connectivity index (χ0v) is 14.2. The van der Waals surface area contributed by atoms with E-state index in [1.54, 1.807) is 5.48 Å². The van der Waals surface area contributed by atoms with Crippen LogP contribution in [0.25, 0.3) is 0 Å². The Kier molecular flexibility index (Phi) is 10.0. The van der Waals surface area contributed by atoms with E-state index >= 15 is 0 Å². The van der Waals surface area contributed by atoms with Crippen LogP contribution in [0.2, 0.25) is 0 Å². The average molecular weight is 347 g/mol. The zero-order valence-electron chi connectivity index (χ0n) is 12.7. The van der Waals surface area contributed by atoms with E-state index in [1.165, 1.54) is 5.56 Å². The summed E-state index contributed by atoms with van der Waals surface area (Å²) in [6, 6.07) is 8.47. The molecule has 0 heterocycles. The van der Waals surface area contributed by atoms with Crippen LogP contribution >= 0.6 is 23.2 Å². The van der Waals surface area contributed by atoms with Crippen LogP contribution in [0.1, 0.15) is 31.2 Å². The van der Waals surface area contributed by atoms with E-state index < -0.39 is 0 Å². The van der Waals surface area contributed by atoms with Crippen molar-refractivity contribution in [2.45, 2.75) is 32.1 Å². The number of carbonyl (C=O) groups excluding carboxylic acids is 1. The molecule has 1 amide bonds. The molecule has 1 aromatic carbocycles. The highest BCUT2D eigenvalue weighted by Crippen LogP contribution is 2.17. The minimum atomic E-state index is -0.317. The monoisotopic (exact) mass is 346 g/mol. The second-order valence-corrected chi connectivity index (χ2v) is 5.88. The van der Waals surface area contributed by atoms with Crippen LogP contribution in [-0.4, -0.2) is 36.0 Å². The summed E-state index contributed by atoms with van der Waals surface area (Å²) in [5.74, 6) is 0.850. The van der Waals surface area contributed by atoms with Crippen LogP contribution in [-0.2, 0) is 11.2 Å². The fraction of sp³-hybridized carbons (Fsp3) is 0.562. The van der Waals surface area contributed by atoms with Crippen LogP contribution in [0.4, 0.5) is 5.69 Å². The lowest BCUT2D eigenvalue weighted by molar-refractivity contribution is -0.129. The Bertz CT molecular complexity index is 421. The van der Waals surface area contributed by atoms with Crippen LogP contribution in [0.3, 0.4) is 0 Å². The lowest BCUT2D eigenvalue weighted by atomic mass is 10.1. The molecule has 0 spiro atoms. The van der Waals surface area contributed by atoms with Crippen LogP contribution < -0.4 is 10.4 Å². The molecule has 0 saturated heterocycles. The summed E-state index contributed by atoms with van der Waals surface area (Å²) in [6.45, 7) is 1.58. The van der Waals surface area contributed by atoms with Crippen LogP contribution in [0.5, 0.6) is 0 Å². The van der Waals surface area contributed by atoms with Gasteiger partial charge in [0.25, 0.3) is 0 Å². The molecule has 0 aliphatic heterocycles. The van der Waals surface area contributed by atoms with E-state index in [9.17, 15) is 4.79 Å². The largest absolute Gasteiger partial charge is 0.369 e. The van der Waals surface area contributed by atoms with E-state index in [-0.39, 0.29) is 5.91 Å². The van der Waals surface area contributed by atoms with Crippen LogP contribution in [0.15, 0.2) is 24.3 Å². The van der Waals surface area contributed by atoms with Gasteiger partial charge in [0.2, 0.25) is 5.91 Å². The molecule has 0 radical (unpaired) electrons. The van der Waals surface area contributed by atoms with E-state index in [0.29, 0.717) is 18.2 Å². The number of carbonyl (C=O) groups is 1. The quantitative estimate of drug-likeness (QED) is 0.278. The van der Waals surface area contributed by atoms with Crippen molar-refractivity contribution in [1.29, 1.82) is 0 Å². The third-order valence-electron chi connectivity index (χ3n) is 3.50. The lowest BCUT2D eigenvalue weighted by Crippen LogP contribution is -2.27. The number of hydrogen-bond acceptors (Lipinski definition) is 3. The molecule has 0 aromatic heterocycles. The number of amides is 1. The molecule has 2 N–H and O–H groups in total. The maximum absolute atomic E-state index is 10.9. The fourth-order valence-electron chi connectivity index (χ4n) is 2.29. The summed E-state index contributed by atoms with van der Waals surface area (Å²) in [5, 5.41) is 8.40.